The van der Waals surface area contributed by atoms with E-state index in [9.17, 15) is 8.42 Å². The maximum Gasteiger partial charge on any atom is 0.150 e. The Morgan fingerprint density at radius 2 is 1.69 bits per heavy atom. The van der Waals surface area contributed by atoms with Gasteiger partial charge in [0.2, 0.25) is 0 Å². The Bertz CT molecular complexity index is 441. The number of hydrogen-bond donors (Lipinski definition) is 1. The standard InChI is InChI=1S/C11H14INO2S/c12-9-1-3-10(4-2-9)13-11-5-7-16(14,15)8-6-11/h1-4,11,13H,5-8H2. The topological polar surface area (TPSA) is 46.2 Å². The molecule has 0 unspecified atom stereocenters. The van der Waals surface area contributed by atoms with Crippen LogP contribution in [0.3, 0.4) is 0 Å². The maximum atomic E-state index is 11.3. The average Bonchev–Trinajstić information content (AvgIpc) is 2.24. The Labute approximate surface area is 110 Å². The van der Waals surface area contributed by atoms with Crippen LogP contribution in [0.25, 0.3) is 0 Å². The smallest absolute Gasteiger partial charge is 0.150 e. The molecule has 1 aliphatic heterocycles. The molecule has 0 radical (unpaired) electrons. The molecular formula is C11H14INO2S. The quantitative estimate of drug-likeness (QED) is 0.832. The first-order valence-corrected chi connectivity index (χ1v) is 8.18. The molecule has 0 saturated carbocycles. The zero-order valence-electron chi connectivity index (χ0n) is 8.82. The second-order valence-electron chi connectivity index (χ2n) is 4.08. The summed E-state index contributed by atoms with van der Waals surface area (Å²) in [7, 11) is -2.76. The van der Waals surface area contributed by atoms with Gasteiger partial charge in [0, 0.05) is 15.3 Å². The summed E-state index contributed by atoms with van der Waals surface area (Å²) in [5.41, 5.74) is 1.07. The van der Waals surface area contributed by atoms with Crippen molar-refractivity contribution in [1.82, 2.24) is 0 Å². The first kappa shape index (κ1) is 12.2. The average molecular weight is 351 g/mol. The predicted molar refractivity (Wildman–Crippen MR) is 74.5 cm³/mol. The fraction of sp³-hybridized carbons (Fsp3) is 0.455. The minimum Gasteiger partial charge on any atom is -0.382 e. The van der Waals surface area contributed by atoms with Crippen LogP contribution in [-0.2, 0) is 9.84 Å². The summed E-state index contributed by atoms with van der Waals surface area (Å²) in [6.45, 7) is 0. The van der Waals surface area contributed by atoms with E-state index in [0.717, 1.165) is 5.69 Å². The summed E-state index contributed by atoms with van der Waals surface area (Å²) in [6.07, 6.45) is 1.43. The molecule has 1 heterocycles. The van der Waals surface area contributed by atoms with Gasteiger partial charge in [-0.25, -0.2) is 8.42 Å². The fourth-order valence-electron chi connectivity index (χ4n) is 1.82. The van der Waals surface area contributed by atoms with Gasteiger partial charge in [-0.05, 0) is 59.7 Å². The van der Waals surface area contributed by atoms with Gasteiger partial charge in [-0.2, -0.15) is 0 Å². The van der Waals surface area contributed by atoms with Crippen LogP contribution in [0.4, 0.5) is 5.69 Å². The highest BCUT2D eigenvalue weighted by molar-refractivity contribution is 14.1. The van der Waals surface area contributed by atoms with Crippen molar-refractivity contribution in [3.8, 4) is 0 Å². The SMILES string of the molecule is O=S1(=O)CCC(Nc2ccc(I)cc2)CC1. The molecular weight excluding hydrogens is 337 g/mol. The normalized spacial score (nSPS) is 20.6. The van der Waals surface area contributed by atoms with E-state index in [1.165, 1.54) is 3.57 Å². The molecule has 1 aliphatic rings. The summed E-state index contributed by atoms with van der Waals surface area (Å²) in [5.74, 6) is 0.629. The van der Waals surface area contributed by atoms with Crippen LogP contribution < -0.4 is 5.32 Å². The van der Waals surface area contributed by atoms with Gasteiger partial charge in [-0.1, -0.05) is 0 Å². The Kier molecular flexibility index (Phi) is 3.73. The monoisotopic (exact) mass is 351 g/mol. The third-order valence-corrected chi connectivity index (χ3v) is 5.20. The maximum absolute atomic E-state index is 11.3. The van der Waals surface area contributed by atoms with Gasteiger partial charge in [0.1, 0.15) is 9.84 Å². The molecule has 0 bridgehead atoms. The van der Waals surface area contributed by atoms with Gasteiger partial charge in [-0.3, -0.25) is 0 Å². The van der Waals surface area contributed by atoms with Crippen LogP contribution in [0.15, 0.2) is 24.3 Å². The van der Waals surface area contributed by atoms with E-state index in [2.05, 4.69) is 27.9 Å². The lowest BCUT2D eigenvalue weighted by Crippen LogP contribution is -2.32. The first-order valence-electron chi connectivity index (χ1n) is 5.28. The Balaban J connectivity index is 1.94. The molecule has 0 aliphatic carbocycles. The van der Waals surface area contributed by atoms with E-state index in [4.69, 9.17) is 0 Å². The molecule has 1 saturated heterocycles. The molecule has 0 spiro atoms. The van der Waals surface area contributed by atoms with Crippen LogP contribution >= 0.6 is 22.6 Å². The fourth-order valence-corrected chi connectivity index (χ4v) is 3.67. The molecule has 1 fully saturated rings. The van der Waals surface area contributed by atoms with E-state index in [1.807, 2.05) is 24.3 Å². The second kappa shape index (κ2) is 4.91. The number of nitrogens with one attached hydrogen (secondary N) is 1. The van der Waals surface area contributed by atoms with Crippen molar-refractivity contribution in [2.75, 3.05) is 16.8 Å². The molecule has 0 aromatic heterocycles. The highest BCUT2D eigenvalue weighted by Crippen LogP contribution is 2.18. The van der Waals surface area contributed by atoms with E-state index in [1.54, 1.807) is 0 Å². The van der Waals surface area contributed by atoms with Crippen molar-refractivity contribution in [2.45, 2.75) is 18.9 Å². The van der Waals surface area contributed by atoms with Crippen LogP contribution in [0.2, 0.25) is 0 Å². The molecule has 5 heteroatoms. The lowest BCUT2D eigenvalue weighted by atomic mass is 10.1. The number of benzene rings is 1. The van der Waals surface area contributed by atoms with Gasteiger partial charge in [0.25, 0.3) is 0 Å². The minimum atomic E-state index is -2.76. The molecule has 3 nitrogen and oxygen atoms in total. The third kappa shape index (κ3) is 3.35. The second-order valence-corrected chi connectivity index (χ2v) is 7.63. The highest BCUT2D eigenvalue weighted by Gasteiger charge is 2.23. The van der Waals surface area contributed by atoms with Gasteiger partial charge in [-0.15, -0.1) is 0 Å². The molecule has 88 valence electrons. The zero-order valence-corrected chi connectivity index (χ0v) is 11.8. The number of anilines is 1. The largest absolute Gasteiger partial charge is 0.382 e. The first-order chi connectivity index (χ1) is 7.55. The van der Waals surface area contributed by atoms with Crippen molar-refractivity contribution in [3.63, 3.8) is 0 Å². The van der Waals surface area contributed by atoms with Crippen LogP contribution in [-0.4, -0.2) is 26.0 Å². The Hall–Kier alpha value is -0.300. The van der Waals surface area contributed by atoms with Gasteiger partial charge in [0.05, 0.1) is 11.5 Å². The summed E-state index contributed by atoms with van der Waals surface area (Å²) in [5, 5.41) is 3.38. The number of hydrogen-bond acceptors (Lipinski definition) is 3. The van der Waals surface area contributed by atoms with Gasteiger partial charge >= 0.3 is 0 Å². The minimum absolute atomic E-state index is 0.295. The zero-order chi connectivity index (χ0) is 11.6. The molecule has 0 atom stereocenters. The highest BCUT2D eigenvalue weighted by atomic mass is 127. The summed E-state index contributed by atoms with van der Waals surface area (Å²) >= 11 is 2.26. The number of rotatable bonds is 2. The lowest BCUT2D eigenvalue weighted by molar-refractivity contribution is 0.559. The third-order valence-electron chi connectivity index (χ3n) is 2.77. The van der Waals surface area contributed by atoms with Gasteiger partial charge in [0.15, 0.2) is 0 Å². The summed E-state index contributed by atoms with van der Waals surface area (Å²) < 4.78 is 23.7. The van der Waals surface area contributed by atoms with E-state index >= 15 is 0 Å². The van der Waals surface area contributed by atoms with E-state index in [0.29, 0.717) is 30.4 Å². The Morgan fingerprint density at radius 1 is 1.12 bits per heavy atom. The van der Waals surface area contributed by atoms with E-state index < -0.39 is 9.84 Å². The summed E-state index contributed by atoms with van der Waals surface area (Å²) in [6, 6.07) is 8.45. The van der Waals surface area contributed by atoms with Crippen molar-refractivity contribution >= 4 is 38.1 Å². The molecule has 16 heavy (non-hydrogen) atoms. The van der Waals surface area contributed by atoms with Crippen molar-refractivity contribution in [2.24, 2.45) is 0 Å². The molecule has 2 rings (SSSR count). The predicted octanol–water partition coefficient (Wildman–Crippen LogP) is 2.28. The Morgan fingerprint density at radius 3 is 2.25 bits per heavy atom. The number of halogens is 1. The lowest BCUT2D eigenvalue weighted by Gasteiger charge is -2.24. The molecule has 1 aromatic rings. The van der Waals surface area contributed by atoms with E-state index in [-0.39, 0.29) is 0 Å². The summed E-state index contributed by atoms with van der Waals surface area (Å²) in [4.78, 5) is 0. The number of sulfone groups is 1. The molecule has 1 N–H and O–H groups in total. The van der Waals surface area contributed by atoms with Crippen LogP contribution in [0.1, 0.15) is 12.8 Å². The van der Waals surface area contributed by atoms with Crippen LogP contribution in [0.5, 0.6) is 0 Å². The van der Waals surface area contributed by atoms with Crippen molar-refractivity contribution in [1.29, 1.82) is 0 Å². The van der Waals surface area contributed by atoms with Gasteiger partial charge < -0.3 is 5.32 Å². The molecule has 1 aromatic carbocycles. The molecule has 0 amide bonds. The van der Waals surface area contributed by atoms with Crippen molar-refractivity contribution in [3.05, 3.63) is 27.8 Å². The van der Waals surface area contributed by atoms with Crippen molar-refractivity contribution < 1.29 is 8.42 Å². The van der Waals surface area contributed by atoms with Crippen LogP contribution in [0, 0.1) is 3.57 Å².